The van der Waals surface area contributed by atoms with Crippen LogP contribution in [0.25, 0.3) is 0 Å². The maximum Gasteiger partial charge on any atom is 0.231 e. The Labute approximate surface area is 131 Å². The van der Waals surface area contributed by atoms with Crippen molar-refractivity contribution < 1.29 is 13.9 Å². The van der Waals surface area contributed by atoms with Gasteiger partial charge in [-0.1, -0.05) is 12.1 Å². The van der Waals surface area contributed by atoms with Crippen LogP contribution in [0.4, 0.5) is 4.39 Å². The molecule has 2 aromatic rings. The zero-order valence-electron chi connectivity index (χ0n) is 11.5. The summed E-state index contributed by atoms with van der Waals surface area (Å²) in [6, 6.07) is 10.7. The summed E-state index contributed by atoms with van der Waals surface area (Å²) in [5.41, 5.74) is 2.15. The molecule has 1 aliphatic rings. The summed E-state index contributed by atoms with van der Waals surface area (Å²) in [6.45, 7) is 3.00. The Morgan fingerprint density at radius 3 is 2.76 bits per heavy atom. The quantitative estimate of drug-likeness (QED) is 0.896. The average Bonchev–Trinajstić information content (AvgIpc) is 2.94. The first-order chi connectivity index (χ1) is 10.1. The van der Waals surface area contributed by atoms with Crippen molar-refractivity contribution in [3.05, 3.63) is 57.8 Å². The van der Waals surface area contributed by atoms with E-state index in [9.17, 15) is 4.39 Å². The molecule has 0 aliphatic carbocycles. The molecule has 0 aromatic heterocycles. The van der Waals surface area contributed by atoms with Gasteiger partial charge in [0.2, 0.25) is 6.79 Å². The van der Waals surface area contributed by atoms with Gasteiger partial charge in [-0.05, 0) is 58.2 Å². The van der Waals surface area contributed by atoms with E-state index in [0.717, 1.165) is 27.1 Å². The van der Waals surface area contributed by atoms with Gasteiger partial charge >= 0.3 is 0 Å². The van der Waals surface area contributed by atoms with Gasteiger partial charge in [0.25, 0.3) is 0 Å². The molecule has 0 saturated carbocycles. The Kier molecular flexibility index (Phi) is 4.12. The Morgan fingerprint density at radius 2 is 2.00 bits per heavy atom. The van der Waals surface area contributed by atoms with Crippen LogP contribution in [0.5, 0.6) is 11.5 Å². The standard InChI is InChI=1S/C16H15BrFNO2/c1-10(12-2-4-13(18)5-3-12)19-8-11-6-14(17)16-15(7-11)20-9-21-16/h2-7,10,19H,8-9H2,1H3. The minimum absolute atomic E-state index is 0.134. The van der Waals surface area contributed by atoms with Gasteiger partial charge in [0, 0.05) is 12.6 Å². The Hall–Kier alpha value is -1.59. The van der Waals surface area contributed by atoms with Crippen molar-refractivity contribution in [1.29, 1.82) is 0 Å². The second-order valence-electron chi connectivity index (χ2n) is 4.97. The SMILES string of the molecule is CC(NCc1cc(Br)c2c(c1)OCO2)c1ccc(F)cc1. The predicted molar refractivity (Wildman–Crippen MR) is 81.9 cm³/mol. The molecule has 0 amide bonds. The molecule has 1 aliphatic heterocycles. The monoisotopic (exact) mass is 351 g/mol. The van der Waals surface area contributed by atoms with E-state index in [-0.39, 0.29) is 18.7 Å². The van der Waals surface area contributed by atoms with Crippen LogP contribution in [0.3, 0.4) is 0 Å². The lowest BCUT2D eigenvalue weighted by Gasteiger charge is -2.15. The molecule has 3 rings (SSSR count). The normalized spacial score (nSPS) is 14.2. The number of rotatable bonds is 4. The molecule has 1 N–H and O–H groups in total. The molecule has 1 unspecified atom stereocenters. The first kappa shape index (κ1) is 14.4. The second-order valence-corrected chi connectivity index (χ2v) is 5.82. The van der Waals surface area contributed by atoms with Gasteiger partial charge in [0.05, 0.1) is 4.47 Å². The van der Waals surface area contributed by atoms with Gasteiger partial charge in [-0.2, -0.15) is 0 Å². The molecular weight excluding hydrogens is 337 g/mol. The van der Waals surface area contributed by atoms with Gasteiger partial charge in [-0.25, -0.2) is 4.39 Å². The molecule has 2 aromatic carbocycles. The van der Waals surface area contributed by atoms with Crippen LogP contribution in [-0.2, 0) is 6.54 Å². The van der Waals surface area contributed by atoms with Crippen LogP contribution in [0, 0.1) is 5.82 Å². The first-order valence-corrected chi connectivity index (χ1v) is 7.49. The first-order valence-electron chi connectivity index (χ1n) is 6.70. The van der Waals surface area contributed by atoms with Crippen molar-refractivity contribution in [3.63, 3.8) is 0 Å². The third-order valence-electron chi connectivity index (χ3n) is 3.47. The van der Waals surface area contributed by atoms with E-state index in [2.05, 4.69) is 28.2 Å². The molecule has 21 heavy (non-hydrogen) atoms. The summed E-state index contributed by atoms with van der Waals surface area (Å²) in [4.78, 5) is 0. The number of benzene rings is 2. The van der Waals surface area contributed by atoms with Crippen molar-refractivity contribution in [2.45, 2.75) is 19.5 Å². The summed E-state index contributed by atoms with van der Waals surface area (Å²) in [7, 11) is 0. The number of nitrogens with one attached hydrogen (secondary N) is 1. The summed E-state index contributed by atoms with van der Waals surface area (Å²) in [5.74, 6) is 1.30. The molecule has 0 bridgehead atoms. The molecular formula is C16H15BrFNO2. The Balaban J connectivity index is 1.67. The number of hydrogen-bond donors (Lipinski definition) is 1. The van der Waals surface area contributed by atoms with Crippen LogP contribution >= 0.6 is 15.9 Å². The van der Waals surface area contributed by atoms with Crippen LogP contribution < -0.4 is 14.8 Å². The fourth-order valence-corrected chi connectivity index (χ4v) is 2.87. The highest BCUT2D eigenvalue weighted by Gasteiger charge is 2.18. The highest BCUT2D eigenvalue weighted by Crippen LogP contribution is 2.40. The molecule has 0 spiro atoms. The van der Waals surface area contributed by atoms with Crippen molar-refractivity contribution >= 4 is 15.9 Å². The summed E-state index contributed by atoms with van der Waals surface area (Å²) >= 11 is 3.48. The van der Waals surface area contributed by atoms with Crippen LogP contribution in [0.1, 0.15) is 24.1 Å². The van der Waals surface area contributed by atoms with E-state index in [0.29, 0.717) is 6.54 Å². The van der Waals surface area contributed by atoms with E-state index < -0.39 is 0 Å². The number of hydrogen-bond acceptors (Lipinski definition) is 3. The third kappa shape index (κ3) is 3.19. The van der Waals surface area contributed by atoms with Crippen molar-refractivity contribution in [2.24, 2.45) is 0 Å². The van der Waals surface area contributed by atoms with Crippen molar-refractivity contribution in [3.8, 4) is 11.5 Å². The van der Waals surface area contributed by atoms with Gasteiger partial charge in [0.15, 0.2) is 11.5 Å². The summed E-state index contributed by atoms with van der Waals surface area (Å²) in [6.07, 6.45) is 0. The molecule has 0 saturated heterocycles. The van der Waals surface area contributed by atoms with E-state index in [1.807, 2.05) is 12.1 Å². The predicted octanol–water partition coefficient (Wildman–Crippen LogP) is 4.17. The molecule has 0 fully saturated rings. The third-order valence-corrected chi connectivity index (χ3v) is 4.06. The highest BCUT2D eigenvalue weighted by atomic mass is 79.9. The molecule has 0 radical (unpaired) electrons. The lowest BCUT2D eigenvalue weighted by Crippen LogP contribution is -2.18. The van der Waals surface area contributed by atoms with E-state index in [1.54, 1.807) is 12.1 Å². The number of fused-ring (bicyclic) bond motifs is 1. The lowest BCUT2D eigenvalue weighted by atomic mass is 10.1. The fraction of sp³-hybridized carbons (Fsp3) is 0.250. The zero-order chi connectivity index (χ0) is 14.8. The van der Waals surface area contributed by atoms with Gasteiger partial charge in [-0.15, -0.1) is 0 Å². The molecule has 1 atom stereocenters. The largest absolute Gasteiger partial charge is 0.454 e. The lowest BCUT2D eigenvalue weighted by molar-refractivity contribution is 0.173. The molecule has 3 nitrogen and oxygen atoms in total. The van der Waals surface area contributed by atoms with Crippen molar-refractivity contribution in [2.75, 3.05) is 6.79 Å². The average molecular weight is 352 g/mol. The van der Waals surface area contributed by atoms with Crippen LogP contribution in [-0.4, -0.2) is 6.79 Å². The van der Waals surface area contributed by atoms with Crippen LogP contribution in [0.2, 0.25) is 0 Å². The van der Waals surface area contributed by atoms with E-state index in [1.165, 1.54) is 12.1 Å². The maximum atomic E-state index is 12.9. The molecule has 5 heteroatoms. The number of halogens is 2. The number of ether oxygens (including phenoxy) is 2. The fourth-order valence-electron chi connectivity index (χ4n) is 2.26. The topological polar surface area (TPSA) is 30.5 Å². The van der Waals surface area contributed by atoms with Crippen molar-refractivity contribution in [1.82, 2.24) is 5.32 Å². The van der Waals surface area contributed by atoms with E-state index >= 15 is 0 Å². The minimum atomic E-state index is -0.217. The Morgan fingerprint density at radius 1 is 1.24 bits per heavy atom. The molecule has 1 heterocycles. The summed E-state index contributed by atoms with van der Waals surface area (Å²) in [5, 5.41) is 3.41. The molecule has 110 valence electrons. The minimum Gasteiger partial charge on any atom is -0.454 e. The second kappa shape index (κ2) is 6.03. The van der Waals surface area contributed by atoms with E-state index in [4.69, 9.17) is 9.47 Å². The zero-order valence-corrected chi connectivity index (χ0v) is 13.1. The van der Waals surface area contributed by atoms with Gasteiger partial charge in [0.1, 0.15) is 5.82 Å². The van der Waals surface area contributed by atoms with Crippen LogP contribution in [0.15, 0.2) is 40.9 Å². The maximum absolute atomic E-state index is 12.9. The summed E-state index contributed by atoms with van der Waals surface area (Å²) < 4.78 is 24.6. The highest BCUT2D eigenvalue weighted by molar-refractivity contribution is 9.10. The smallest absolute Gasteiger partial charge is 0.231 e. The van der Waals surface area contributed by atoms with Gasteiger partial charge < -0.3 is 14.8 Å². The Bertz CT molecular complexity index is 645. The van der Waals surface area contributed by atoms with Gasteiger partial charge in [-0.3, -0.25) is 0 Å².